The standard InChI is InChI=1S/C21H32N2O5S/c1-5-22(6-2)29(25,26)13-20-10-9-14(19(20,3)4)11-16(20)28-18(24)21-12-23(21)17-8-7-15(21)27-17/h7-8,14-17H,5-6,9-13H2,1-4H3/t14-,15+,16-,17-,20-,21?,23?/m1/s1. The van der Waals surface area contributed by atoms with E-state index in [1.54, 1.807) is 0 Å². The van der Waals surface area contributed by atoms with Gasteiger partial charge in [-0.1, -0.05) is 33.8 Å². The summed E-state index contributed by atoms with van der Waals surface area (Å²) in [4.78, 5) is 15.3. The van der Waals surface area contributed by atoms with Gasteiger partial charge in [0.05, 0.1) is 5.75 Å². The third-order valence-corrected chi connectivity index (χ3v) is 11.0. The summed E-state index contributed by atoms with van der Waals surface area (Å²) in [7, 11) is -3.43. The molecule has 0 N–H and O–H groups in total. The van der Waals surface area contributed by atoms with Gasteiger partial charge in [0, 0.05) is 25.0 Å². The lowest BCUT2D eigenvalue weighted by atomic mass is 9.69. The maximum atomic E-state index is 13.3. The summed E-state index contributed by atoms with van der Waals surface area (Å²) in [6.07, 6.45) is 5.80. The van der Waals surface area contributed by atoms with Crippen molar-refractivity contribution in [2.75, 3.05) is 25.4 Å². The van der Waals surface area contributed by atoms with Crippen LogP contribution in [0.3, 0.4) is 0 Å². The number of sulfonamides is 1. The van der Waals surface area contributed by atoms with Crippen LogP contribution in [0.25, 0.3) is 0 Å². The zero-order valence-corrected chi connectivity index (χ0v) is 18.6. The van der Waals surface area contributed by atoms with E-state index in [2.05, 4.69) is 13.8 Å². The summed E-state index contributed by atoms with van der Waals surface area (Å²) in [5, 5.41) is 0. The van der Waals surface area contributed by atoms with E-state index in [1.807, 2.05) is 30.9 Å². The third-order valence-electron chi connectivity index (χ3n) is 8.83. The normalized spacial score (nSPS) is 45.8. The van der Waals surface area contributed by atoms with E-state index in [0.29, 0.717) is 25.6 Å². The molecular formula is C21H32N2O5S. The molecule has 0 aromatic carbocycles. The molecule has 2 saturated carbocycles. The first-order valence-corrected chi connectivity index (χ1v) is 12.5. The molecule has 29 heavy (non-hydrogen) atoms. The second kappa shape index (κ2) is 6.05. The number of ether oxygens (including phenoxy) is 2. The van der Waals surface area contributed by atoms with Crippen molar-refractivity contribution in [3.8, 4) is 0 Å². The van der Waals surface area contributed by atoms with Gasteiger partial charge in [-0.05, 0) is 36.7 Å². The van der Waals surface area contributed by atoms with Crippen molar-refractivity contribution in [1.29, 1.82) is 0 Å². The van der Waals surface area contributed by atoms with Gasteiger partial charge in [-0.25, -0.2) is 17.5 Å². The van der Waals surface area contributed by atoms with Crippen molar-refractivity contribution < 1.29 is 22.7 Å². The van der Waals surface area contributed by atoms with E-state index in [9.17, 15) is 13.2 Å². The van der Waals surface area contributed by atoms with Crippen LogP contribution in [0.1, 0.15) is 47.0 Å². The quantitative estimate of drug-likeness (QED) is 0.352. The zero-order chi connectivity index (χ0) is 20.8. The lowest BCUT2D eigenvalue weighted by molar-refractivity contribution is -0.161. The Hall–Kier alpha value is -0.960. The van der Waals surface area contributed by atoms with Gasteiger partial charge in [-0.15, -0.1) is 0 Å². The lowest BCUT2D eigenvalue weighted by Gasteiger charge is -2.42. The maximum absolute atomic E-state index is 13.3. The topological polar surface area (TPSA) is 75.9 Å². The van der Waals surface area contributed by atoms with Crippen LogP contribution in [0.15, 0.2) is 12.2 Å². The number of hydrogen-bond donors (Lipinski definition) is 0. The van der Waals surface area contributed by atoms with Crippen LogP contribution in [-0.2, 0) is 24.3 Å². The number of fused-ring (bicyclic) bond motifs is 7. The molecule has 7 atom stereocenters. The maximum Gasteiger partial charge on any atom is 0.331 e. The summed E-state index contributed by atoms with van der Waals surface area (Å²) in [6, 6.07) is 0. The number of rotatable bonds is 7. The molecule has 4 fully saturated rings. The van der Waals surface area contributed by atoms with Crippen LogP contribution in [0.5, 0.6) is 0 Å². The van der Waals surface area contributed by atoms with E-state index >= 15 is 0 Å². The molecule has 2 aliphatic carbocycles. The van der Waals surface area contributed by atoms with E-state index in [1.165, 1.54) is 4.31 Å². The van der Waals surface area contributed by atoms with Gasteiger partial charge >= 0.3 is 5.97 Å². The zero-order valence-electron chi connectivity index (χ0n) is 17.8. The Labute approximate surface area is 173 Å². The van der Waals surface area contributed by atoms with Crippen molar-refractivity contribution in [3.63, 3.8) is 0 Å². The minimum atomic E-state index is -3.43. The molecule has 2 saturated heterocycles. The van der Waals surface area contributed by atoms with E-state index < -0.39 is 21.0 Å². The molecule has 7 nitrogen and oxygen atoms in total. The Morgan fingerprint density at radius 3 is 2.59 bits per heavy atom. The molecule has 2 unspecified atom stereocenters. The molecular weight excluding hydrogens is 392 g/mol. The second-order valence-electron chi connectivity index (χ2n) is 9.97. The highest BCUT2D eigenvalue weighted by molar-refractivity contribution is 7.89. The summed E-state index contributed by atoms with van der Waals surface area (Å²) < 4.78 is 40.0. The highest BCUT2D eigenvalue weighted by Crippen LogP contribution is 2.67. The van der Waals surface area contributed by atoms with Gasteiger partial charge < -0.3 is 9.47 Å². The van der Waals surface area contributed by atoms with E-state index in [0.717, 1.165) is 19.3 Å². The fourth-order valence-electron chi connectivity index (χ4n) is 6.75. The molecule has 0 aromatic heterocycles. The lowest BCUT2D eigenvalue weighted by Crippen LogP contribution is -2.51. The predicted octanol–water partition coefficient (Wildman–Crippen LogP) is 1.75. The smallest absolute Gasteiger partial charge is 0.331 e. The average Bonchev–Trinajstić information content (AvgIpc) is 2.94. The largest absolute Gasteiger partial charge is 0.460 e. The van der Waals surface area contributed by atoms with Crippen LogP contribution in [0.4, 0.5) is 0 Å². The predicted molar refractivity (Wildman–Crippen MR) is 107 cm³/mol. The van der Waals surface area contributed by atoms with Crippen molar-refractivity contribution in [3.05, 3.63) is 12.2 Å². The second-order valence-corrected chi connectivity index (χ2v) is 11.9. The number of carbonyl (C=O) groups excluding carboxylic acids is 1. The van der Waals surface area contributed by atoms with Crippen molar-refractivity contribution in [2.24, 2.45) is 16.7 Å². The van der Waals surface area contributed by atoms with Gasteiger partial charge in [-0.2, -0.15) is 0 Å². The number of carbonyl (C=O) groups is 1. The highest BCUT2D eigenvalue weighted by Gasteiger charge is 2.75. The molecule has 4 bridgehead atoms. The number of esters is 1. The minimum absolute atomic E-state index is 0.0578. The van der Waals surface area contributed by atoms with E-state index in [-0.39, 0.29) is 35.6 Å². The molecule has 5 rings (SSSR count). The van der Waals surface area contributed by atoms with Gasteiger partial charge in [0.1, 0.15) is 18.4 Å². The molecule has 8 heteroatoms. The van der Waals surface area contributed by atoms with Crippen LogP contribution in [0, 0.1) is 16.7 Å². The monoisotopic (exact) mass is 424 g/mol. The van der Waals surface area contributed by atoms with Crippen LogP contribution in [0.2, 0.25) is 0 Å². The molecule has 3 heterocycles. The van der Waals surface area contributed by atoms with Crippen LogP contribution < -0.4 is 0 Å². The molecule has 3 aliphatic heterocycles. The average molecular weight is 425 g/mol. The first-order chi connectivity index (χ1) is 13.6. The van der Waals surface area contributed by atoms with Gasteiger partial charge in [-0.3, -0.25) is 4.90 Å². The fraction of sp³-hybridized carbons (Fsp3) is 0.857. The Kier molecular flexibility index (Phi) is 4.17. The Morgan fingerprint density at radius 2 is 2.00 bits per heavy atom. The molecule has 0 aromatic rings. The first-order valence-electron chi connectivity index (χ1n) is 10.9. The summed E-state index contributed by atoms with van der Waals surface area (Å²) in [5.41, 5.74) is -1.38. The first kappa shape index (κ1) is 20.0. The van der Waals surface area contributed by atoms with Crippen LogP contribution in [-0.4, -0.2) is 73.0 Å². The Balaban J connectivity index is 1.41. The molecule has 0 radical (unpaired) electrons. The van der Waals surface area contributed by atoms with Crippen molar-refractivity contribution in [2.45, 2.75) is 70.9 Å². The SMILES string of the molecule is CCN(CC)S(=O)(=O)C[C@]12CC[C@H](C[C@H]1OC(=O)C13CN1[C@H]1C=C[C@@H]3O1)C2(C)C. The van der Waals surface area contributed by atoms with Gasteiger partial charge in [0.25, 0.3) is 0 Å². The van der Waals surface area contributed by atoms with Crippen LogP contribution >= 0.6 is 0 Å². The van der Waals surface area contributed by atoms with Crippen molar-refractivity contribution >= 4 is 16.0 Å². The number of nitrogens with zero attached hydrogens (tertiary/aromatic N) is 2. The summed E-state index contributed by atoms with van der Waals surface area (Å²) in [6.45, 7) is 9.68. The minimum Gasteiger partial charge on any atom is -0.460 e. The third kappa shape index (κ3) is 2.40. The molecule has 0 spiro atoms. The highest BCUT2D eigenvalue weighted by atomic mass is 32.2. The van der Waals surface area contributed by atoms with Gasteiger partial charge in [0.2, 0.25) is 10.0 Å². The number of hydrogen-bond acceptors (Lipinski definition) is 6. The molecule has 0 amide bonds. The fourth-order valence-corrected chi connectivity index (χ4v) is 9.07. The molecule has 5 aliphatic rings. The Morgan fingerprint density at radius 1 is 1.28 bits per heavy atom. The van der Waals surface area contributed by atoms with Crippen molar-refractivity contribution in [1.82, 2.24) is 9.21 Å². The summed E-state index contributed by atoms with van der Waals surface area (Å²) >= 11 is 0. The summed E-state index contributed by atoms with van der Waals surface area (Å²) in [5.74, 6) is 0.209. The van der Waals surface area contributed by atoms with E-state index in [4.69, 9.17) is 9.47 Å². The molecule has 162 valence electrons. The van der Waals surface area contributed by atoms with Gasteiger partial charge in [0.15, 0.2) is 5.54 Å². The Bertz CT molecular complexity index is 866.